The number of rotatable bonds is 2. The summed E-state index contributed by atoms with van der Waals surface area (Å²) in [6, 6.07) is 1.22. The van der Waals surface area contributed by atoms with Gasteiger partial charge in [-0.1, -0.05) is 0 Å². The molecule has 0 spiro atoms. The van der Waals surface area contributed by atoms with E-state index in [0.717, 1.165) is 19.6 Å². The zero-order chi connectivity index (χ0) is 9.97. The van der Waals surface area contributed by atoms with Crippen LogP contribution in [0.4, 0.5) is 0 Å². The second-order valence-corrected chi connectivity index (χ2v) is 4.73. The topological polar surface area (TPSA) is 28.2 Å². The fraction of sp³-hybridized carbons (Fsp3) is 0.700. The summed E-state index contributed by atoms with van der Waals surface area (Å²) in [5.41, 5.74) is 3.11. The number of aromatic nitrogens is 1. The minimum absolute atomic E-state index is 0.612. The third-order valence-electron chi connectivity index (χ3n) is 2.84. The molecule has 4 heteroatoms. The van der Waals surface area contributed by atoms with E-state index in [1.807, 2.05) is 5.51 Å². The van der Waals surface area contributed by atoms with Gasteiger partial charge in [-0.15, -0.1) is 11.3 Å². The lowest BCUT2D eigenvalue weighted by Gasteiger charge is -2.38. The molecule has 1 aromatic heterocycles. The van der Waals surface area contributed by atoms with Crippen LogP contribution in [-0.2, 0) is 6.54 Å². The fourth-order valence-corrected chi connectivity index (χ4v) is 2.53. The van der Waals surface area contributed by atoms with E-state index in [2.05, 4.69) is 34.4 Å². The lowest BCUT2D eigenvalue weighted by atomic mass is 10.1. The van der Waals surface area contributed by atoms with Gasteiger partial charge in [-0.3, -0.25) is 4.90 Å². The summed E-state index contributed by atoms with van der Waals surface area (Å²) in [4.78, 5) is 6.86. The first kappa shape index (κ1) is 10.1. The highest BCUT2D eigenvalue weighted by Crippen LogP contribution is 2.14. The molecule has 1 N–H and O–H groups in total. The first-order valence-electron chi connectivity index (χ1n) is 5.11. The SMILES string of the molecule is CC1CNCC(C)N1Cc1cscn1. The van der Waals surface area contributed by atoms with Gasteiger partial charge in [-0.05, 0) is 13.8 Å². The molecule has 0 bridgehead atoms. The first-order valence-corrected chi connectivity index (χ1v) is 6.05. The molecule has 1 aromatic rings. The van der Waals surface area contributed by atoms with Crippen molar-refractivity contribution in [1.82, 2.24) is 15.2 Å². The van der Waals surface area contributed by atoms with E-state index in [-0.39, 0.29) is 0 Å². The van der Waals surface area contributed by atoms with Crippen molar-refractivity contribution in [2.45, 2.75) is 32.5 Å². The van der Waals surface area contributed by atoms with Crippen LogP contribution in [0.25, 0.3) is 0 Å². The molecule has 2 unspecified atom stereocenters. The first-order chi connectivity index (χ1) is 6.77. The summed E-state index contributed by atoms with van der Waals surface area (Å²) >= 11 is 1.68. The van der Waals surface area contributed by atoms with E-state index in [4.69, 9.17) is 0 Å². The molecule has 14 heavy (non-hydrogen) atoms. The molecule has 2 rings (SSSR count). The van der Waals surface area contributed by atoms with Crippen molar-refractivity contribution in [1.29, 1.82) is 0 Å². The molecular weight excluding hydrogens is 194 g/mol. The van der Waals surface area contributed by atoms with Crippen molar-refractivity contribution in [3.8, 4) is 0 Å². The maximum absolute atomic E-state index is 4.34. The van der Waals surface area contributed by atoms with Crippen molar-refractivity contribution < 1.29 is 0 Å². The molecule has 0 aliphatic carbocycles. The summed E-state index contributed by atoms with van der Waals surface area (Å²) in [7, 11) is 0. The van der Waals surface area contributed by atoms with Crippen LogP contribution in [0, 0.1) is 0 Å². The largest absolute Gasteiger partial charge is 0.314 e. The quantitative estimate of drug-likeness (QED) is 0.800. The zero-order valence-corrected chi connectivity index (χ0v) is 9.55. The predicted octanol–water partition coefficient (Wildman–Crippen LogP) is 1.33. The summed E-state index contributed by atoms with van der Waals surface area (Å²) in [6.07, 6.45) is 0. The Labute approximate surface area is 89.1 Å². The molecule has 0 aromatic carbocycles. The standard InChI is InChI=1S/C10H17N3S/c1-8-3-11-4-9(2)13(8)5-10-6-14-7-12-10/h6-9,11H,3-5H2,1-2H3. The lowest BCUT2D eigenvalue weighted by molar-refractivity contribution is 0.107. The minimum atomic E-state index is 0.612. The average molecular weight is 211 g/mol. The van der Waals surface area contributed by atoms with E-state index in [1.165, 1.54) is 5.69 Å². The zero-order valence-electron chi connectivity index (χ0n) is 8.73. The maximum atomic E-state index is 4.34. The fourth-order valence-electron chi connectivity index (χ4n) is 1.98. The summed E-state index contributed by atoms with van der Waals surface area (Å²) < 4.78 is 0. The molecule has 0 saturated carbocycles. The van der Waals surface area contributed by atoms with Crippen molar-refractivity contribution >= 4 is 11.3 Å². The van der Waals surface area contributed by atoms with Crippen molar-refractivity contribution in [3.05, 3.63) is 16.6 Å². The van der Waals surface area contributed by atoms with E-state index in [1.54, 1.807) is 11.3 Å². The Morgan fingerprint density at radius 3 is 2.79 bits per heavy atom. The van der Waals surface area contributed by atoms with Gasteiger partial charge in [-0.25, -0.2) is 4.98 Å². The number of piperazine rings is 1. The number of nitrogens with one attached hydrogen (secondary N) is 1. The van der Waals surface area contributed by atoms with Crippen LogP contribution in [-0.4, -0.2) is 35.1 Å². The average Bonchev–Trinajstić information content (AvgIpc) is 2.64. The van der Waals surface area contributed by atoms with Gasteiger partial charge in [0.25, 0.3) is 0 Å². The molecule has 1 fully saturated rings. The van der Waals surface area contributed by atoms with E-state index in [9.17, 15) is 0 Å². The van der Waals surface area contributed by atoms with Gasteiger partial charge in [0, 0.05) is 37.1 Å². The van der Waals surface area contributed by atoms with Crippen molar-refractivity contribution in [2.24, 2.45) is 0 Å². The maximum Gasteiger partial charge on any atom is 0.0795 e. The molecule has 2 heterocycles. The minimum Gasteiger partial charge on any atom is -0.314 e. The van der Waals surface area contributed by atoms with Crippen LogP contribution in [0.1, 0.15) is 19.5 Å². The number of thiazole rings is 1. The van der Waals surface area contributed by atoms with Gasteiger partial charge >= 0.3 is 0 Å². The van der Waals surface area contributed by atoms with Gasteiger partial charge in [0.1, 0.15) is 0 Å². The molecule has 0 amide bonds. The van der Waals surface area contributed by atoms with Crippen LogP contribution in [0.5, 0.6) is 0 Å². The van der Waals surface area contributed by atoms with Crippen LogP contribution < -0.4 is 5.32 Å². The Kier molecular flexibility index (Phi) is 3.15. The highest BCUT2D eigenvalue weighted by molar-refractivity contribution is 7.07. The summed E-state index contributed by atoms with van der Waals surface area (Å²) in [5.74, 6) is 0. The van der Waals surface area contributed by atoms with Crippen LogP contribution in [0.2, 0.25) is 0 Å². The van der Waals surface area contributed by atoms with Crippen LogP contribution in [0.3, 0.4) is 0 Å². The molecule has 1 aliphatic rings. The third kappa shape index (κ3) is 2.13. The Bertz CT molecular complexity index is 263. The van der Waals surface area contributed by atoms with Gasteiger partial charge < -0.3 is 5.32 Å². The van der Waals surface area contributed by atoms with Crippen LogP contribution in [0.15, 0.2) is 10.9 Å². The Morgan fingerprint density at radius 1 is 1.50 bits per heavy atom. The summed E-state index contributed by atoms with van der Waals surface area (Å²) in [5, 5.41) is 5.57. The molecule has 1 aliphatic heterocycles. The van der Waals surface area contributed by atoms with Gasteiger partial charge in [-0.2, -0.15) is 0 Å². The van der Waals surface area contributed by atoms with Crippen LogP contribution >= 0.6 is 11.3 Å². The Hall–Kier alpha value is -0.450. The highest BCUT2D eigenvalue weighted by atomic mass is 32.1. The summed E-state index contributed by atoms with van der Waals surface area (Å²) in [6.45, 7) is 7.72. The number of hydrogen-bond acceptors (Lipinski definition) is 4. The number of nitrogens with zero attached hydrogens (tertiary/aromatic N) is 2. The third-order valence-corrected chi connectivity index (χ3v) is 3.48. The normalized spacial score (nSPS) is 29.3. The number of hydrogen-bond donors (Lipinski definition) is 1. The highest BCUT2D eigenvalue weighted by Gasteiger charge is 2.24. The molecular formula is C10H17N3S. The monoisotopic (exact) mass is 211 g/mol. The van der Waals surface area contributed by atoms with E-state index < -0.39 is 0 Å². The van der Waals surface area contributed by atoms with E-state index >= 15 is 0 Å². The molecule has 78 valence electrons. The van der Waals surface area contributed by atoms with Gasteiger partial charge in [0.15, 0.2) is 0 Å². The van der Waals surface area contributed by atoms with Crippen molar-refractivity contribution in [2.75, 3.05) is 13.1 Å². The van der Waals surface area contributed by atoms with Gasteiger partial charge in [0.05, 0.1) is 11.2 Å². The second-order valence-electron chi connectivity index (χ2n) is 4.01. The smallest absolute Gasteiger partial charge is 0.0795 e. The molecule has 2 atom stereocenters. The predicted molar refractivity (Wildman–Crippen MR) is 59.5 cm³/mol. The van der Waals surface area contributed by atoms with E-state index in [0.29, 0.717) is 12.1 Å². The molecule has 0 radical (unpaired) electrons. The lowest BCUT2D eigenvalue weighted by Crippen LogP contribution is -2.54. The Balaban J connectivity index is 2.01. The van der Waals surface area contributed by atoms with Crippen molar-refractivity contribution in [3.63, 3.8) is 0 Å². The second kappa shape index (κ2) is 4.38. The Morgan fingerprint density at radius 2 is 2.21 bits per heavy atom. The molecule has 3 nitrogen and oxygen atoms in total. The van der Waals surface area contributed by atoms with Gasteiger partial charge in [0.2, 0.25) is 0 Å². The molecule has 1 saturated heterocycles.